The van der Waals surface area contributed by atoms with Crippen LogP contribution < -0.4 is 0 Å². The number of aromatic amines is 1. The predicted octanol–water partition coefficient (Wildman–Crippen LogP) is 2.49. The monoisotopic (exact) mass is 248 g/mol. The zero-order chi connectivity index (χ0) is 12.1. The summed E-state index contributed by atoms with van der Waals surface area (Å²) in [7, 11) is 1.35. The van der Waals surface area contributed by atoms with Gasteiger partial charge in [0.15, 0.2) is 0 Å². The van der Waals surface area contributed by atoms with Gasteiger partial charge in [0.25, 0.3) is 0 Å². The first-order valence-electron chi connectivity index (χ1n) is 5.09. The molecule has 4 nitrogen and oxygen atoms in total. The van der Waals surface area contributed by atoms with E-state index in [4.69, 9.17) is 0 Å². The maximum Gasteiger partial charge on any atom is 0.356 e. The van der Waals surface area contributed by atoms with E-state index in [1.54, 1.807) is 11.8 Å². The van der Waals surface area contributed by atoms with Crippen molar-refractivity contribution in [1.29, 1.82) is 0 Å². The quantitative estimate of drug-likeness (QED) is 0.667. The maximum absolute atomic E-state index is 11.2. The maximum atomic E-state index is 11.2. The summed E-state index contributed by atoms with van der Waals surface area (Å²) in [5.74, 6) is 1.06. The fraction of sp³-hybridized carbons (Fsp3) is 0.167. The number of aromatic nitrogens is 2. The van der Waals surface area contributed by atoms with Crippen LogP contribution in [0.1, 0.15) is 16.3 Å². The summed E-state index contributed by atoms with van der Waals surface area (Å²) in [4.78, 5) is 19.4. The minimum atomic E-state index is -0.395. The van der Waals surface area contributed by atoms with Crippen LogP contribution in [0.3, 0.4) is 0 Å². The molecule has 0 aliphatic carbocycles. The van der Waals surface area contributed by atoms with Gasteiger partial charge in [-0.25, -0.2) is 9.78 Å². The van der Waals surface area contributed by atoms with Gasteiger partial charge in [-0.15, -0.1) is 11.8 Å². The van der Waals surface area contributed by atoms with Crippen LogP contribution >= 0.6 is 11.8 Å². The molecule has 0 spiro atoms. The van der Waals surface area contributed by atoms with Gasteiger partial charge in [-0.1, -0.05) is 18.2 Å². The second-order valence-electron chi connectivity index (χ2n) is 3.34. The Bertz CT molecular complexity index is 496. The van der Waals surface area contributed by atoms with E-state index in [9.17, 15) is 4.79 Å². The molecule has 17 heavy (non-hydrogen) atoms. The zero-order valence-corrected chi connectivity index (χ0v) is 10.2. The predicted molar refractivity (Wildman–Crippen MR) is 65.9 cm³/mol. The minimum Gasteiger partial charge on any atom is -0.464 e. The van der Waals surface area contributed by atoms with Gasteiger partial charge < -0.3 is 9.72 Å². The first-order chi connectivity index (χ1) is 8.29. The Morgan fingerprint density at radius 2 is 2.18 bits per heavy atom. The number of hydrogen-bond acceptors (Lipinski definition) is 4. The average molecular weight is 248 g/mol. The second-order valence-corrected chi connectivity index (χ2v) is 4.39. The van der Waals surface area contributed by atoms with E-state index in [0.717, 1.165) is 5.82 Å². The van der Waals surface area contributed by atoms with Crippen molar-refractivity contribution >= 4 is 17.7 Å². The zero-order valence-electron chi connectivity index (χ0n) is 9.34. The number of thioether (sulfide) groups is 1. The number of methoxy groups -OCH3 is 1. The van der Waals surface area contributed by atoms with Gasteiger partial charge in [-0.05, 0) is 12.1 Å². The number of rotatable bonds is 4. The molecule has 1 aromatic heterocycles. The third kappa shape index (κ3) is 3.10. The minimum absolute atomic E-state index is 0.385. The number of ether oxygens (including phenoxy) is 1. The highest BCUT2D eigenvalue weighted by Gasteiger charge is 2.09. The third-order valence-electron chi connectivity index (χ3n) is 2.15. The van der Waals surface area contributed by atoms with Crippen LogP contribution in [-0.2, 0) is 10.5 Å². The number of carbonyl (C=O) groups excluding carboxylic acids is 1. The molecule has 0 saturated carbocycles. The van der Waals surface area contributed by atoms with Crippen LogP contribution in [0.2, 0.25) is 0 Å². The van der Waals surface area contributed by atoms with Gasteiger partial charge in [0.05, 0.1) is 19.1 Å². The standard InChI is InChI=1S/C12H12N2O2S/c1-16-12(15)10-7-13-11(14-10)8-17-9-5-3-2-4-6-9/h2-7H,8H2,1H3,(H,13,14). The Balaban J connectivity index is 1.96. The smallest absolute Gasteiger partial charge is 0.356 e. The first-order valence-corrected chi connectivity index (χ1v) is 6.08. The first kappa shape index (κ1) is 11.7. The topological polar surface area (TPSA) is 55.0 Å². The number of nitrogens with one attached hydrogen (secondary N) is 1. The molecule has 1 heterocycles. The molecule has 5 heteroatoms. The Morgan fingerprint density at radius 3 is 2.88 bits per heavy atom. The van der Waals surface area contributed by atoms with E-state index >= 15 is 0 Å². The van der Waals surface area contributed by atoms with Crippen LogP contribution in [0.4, 0.5) is 0 Å². The van der Waals surface area contributed by atoms with Gasteiger partial charge >= 0.3 is 5.97 Å². The van der Waals surface area contributed by atoms with E-state index in [1.165, 1.54) is 18.2 Å². The van der Waals surface area contributed by atoms with Gasteiger partial charge in [0.2, 0.25) is 0 Å². The highest BCUT2D eigenvalue weighted by molar-refractivity contribution is 7.98. The molecule has 0 radical (unpaired) electrons. The molecule has 1 aromatic carbocycles. The molecule has 2 aromatic rings. The number of hydrogen-bond donors (Lipinski definition) is 1. The molecule has 2 rings (SSSR count). The number of carbonyl (C=O) groups is 1. The lowest BCUT2D eigenvalue weighted by molar-refractivity contribution is 0.0594. The summed E-state index contributed by atoms with van der Waals surface area (Å²) in [6, 6.07) is 10.0. The Kier molecular flexibility index (Phi) is 3.82. The van der Waals surface area contributed by atoms with Crippen molar-refractivity contribution < 1.29 is 9.53 Å². The summed E-state index contributed by atoms with van der Waals surface area (Å²) in [5, 5.41) is 0. The fourth-order valence-corrected chi connectivity index (χ4v) is 2.12. The summed E-state index contributed by atoms with van der Waals surface area (Å²) in [5.41, 5.74) is 0.385. The molecule has 0 bridgehead atoms. The fourth-order valence-electron chi connectivity index (χ4n) is 1.32. The van der Waals surface area contributed by atoms with Crippen LogP contribution in [0.15, 0.2) is 41.4 Å². The number of esters is 1. The Labute approximate surface area is 103 Å². The van der Waals surface area contributed by atoms with Crippen molar-refractivity contribution in [2.75, 3.05) is 7.11 Å². The van der Waals surface area contributed by atoms with E-state index in [0.29, 0.717) is 11.4 Å². The second kappa shape index (κ2) is 5.54. The van der Waals surface area contributed by atoms with Crippen LogP contribution in [0.5, 0.6) is 0 Å². The van der Waals surface area contributed by atoms with Crippen molar-refractivity contribution in [3.8, 4) is 0 Å². The lowest BCUT2D eigenvalue weighted by atomic mass is 10.4. The number of nitrogens with zero attached hydrogens (tertiary/aromatic N) is 1. The van der Waals surface area contributed by atoms with E-state index < -0.39 is 5.97 Å². The molecular weight excluding hydrogens is 236 g/mol. The summed E-state index contributed by atoms with van der Waals surface area (Å²) < 4.78 is 4.60. The van der Waals surface area contributed by atoms with Crippen LogP contribution in [0, 0.1) is 0 Å². The molecule has 1 N–H and O–H groups in total. The Morgan fingerprint density at radius 1 is 1.41 bits per heavy atom. The number of H-pyrrole nitrogens is 1. The molecule has 0 aliphatic rings. The van der Waals surface area contributed by atoms with Gasteiger partial charge in [-0.3, -0.25) is 0 Å². The lowest BCUT2D eigenvalue weighted by Crippen LogP contribution is -2.01. The van der Waals surface area contributed by atoms with E-state index in [1.807, 2.05) is 30.3 Å². The molecule has 0 saturated heterocycles. The van der Waals surface area contributed by atoms with Gasteiger partial charge in [0.1, 0.15) is 11.5 Å². The largest absolute Gasteiger partial charge is 0.464 e. The van der Waals surface area contributed by atoms with Crippen molar-refractivity contribution in [1.82, 2.24) is 9.97 Å². The highest BCUT2D eigenvalue weighted by Crippen LogP contribution is 2.20. The van der Waals surface area contributed by atoms with E-state index in [2.05, 4.69) is 14.7 Å². The SMILES string of the molecule is COC(=O)c1cnc(CSc2ccccc2)[nH]1. The number of imidazole rings is 1. The summed E-state index contributed by atoms with van der Waals surface area (Å²) >= 11 is 1.66. The van der Waals surface area contributed by atoms with Crippen molar-refractivity contribution in [2.45, 2.75) is 10.6 Å². The van der Waals surface area contributed by atoms with Crippen LogP contribution in [0.25, 0.3) is 0 Å². The van der Waals surface area contributed by atoms with Crippen molar-refractivity contribution in [3.63, 3.8) is 0 Å². The number of benzene rings is 1. The highest BCUT2D eigenvalue weighted by atomic mass is 32.2. The van der Waals surface area contributed by atoms with Crippen LogP contribution in [-0.4, -0.2) is 23.0 Å². The normalized spacial score (nSPS) is 10.2. The molecule has 0 unspecified atom stereocenters. The molecule has 0 atom stereocenters. The van der Waals surface area contributed by atoms with Gasteiger partial charge in [0, 0.05) is 4.90 Å². The molecule has 88 valence electrons. The van der Waals surface area contributed by atoms with Gasteiger partial charge in [-0.2, -0.15) is 0 Å². The lowest BCUT2D eigenvalue weighted by Gasteiger charge is -1.98. The van der Waals surface area contributed by atoms with Crippen molar-refractivity contribution in [2.24, 2.45) is 0 Å². The molecule has 0 amide bonds. The Hall–Kier alpha value is -1.75. The van der Waals surface area contributed by atoms with E-state index in [-0.39, 0.29) is 0 Å². The molecular formula is C12H12N2O2S. The molecule has 0 fully saturated rings. The average Bonchev–Trinajstić information content (AvgIpc) is 2.85. The summed E-state index contributed by atoms with van der Waals surface area (Å²) in [6.07, 6.45) is 1.49. The molecule has 0 aliphatic heterocycles. The third-order valence-corrected chi connectivity index (χ3v) is 3.18. The van der Waals surface area contributed by atoms with Crippen molar-refractivity contribution in [3.05, 3.63) is 48.0 Å². The summed E-state index contributed by atoms with van der Waals surface area (Å²) in [6.45, 7) is 0.